The predicted molar refractivity (Wildman–Crippen MR) is 46.6 cm³/mol. The molecule has 0 aliphatic heterocycles. The van der Waals surface area contributed by atoms with Crippen molar-refractivity contribution in [3.05, 3.63) is 10.5 Å². The molecule has 0 spiro atoms. The summed E-state index contributed by atoms with van der Waals surface area (Å²) in [7, 11) is 0. The lowest BCUT2D eigenvalue weighted by Gasteiger charge is -2.14. The Hall–Kier alpha value is -0.480. The van der Waals surface area contributed by atoms with E-state index in [0.29, 0.717) is 5.92 Å². The number of hydrogen-bond acceptors (Lipinski definition) is 4. The summed E-state index contributed by atoms with van der Waals surface area (Å²) in [6.45, 7) is 4.18. The summed E-state index contributed by atoms with van der Waals surface area (Å²) >= 11 is 1.57. The third-order valence-corrected chi connectivity index (χ3v) is 2.77. The quantitative estimate of drug-likeness (QED) is 0.747. The van der Waals surface area contributed by atoms with Crippen molar-refractivity contribution in [2.45, 2.75) is 32.2 Å². The largest absolute Gasteiger partial charge is 0.327 e. The summed E-state index contributed by atoms with van der Waals surface area (Å²) in [5.41, 5.74) is 7.59. The van der Waals surface area contributed by atoms with Crippen molar-refractivity contribution < 1.29 is 0 Å². The second-order valence-electron chi connectivity index (χ2n) is 2.64. The van der Waals surface area contributed by atoms with Crippen molar-refractivity contribution in [2.24, 2.45) is 5.73 Å². The first-order chi connectivity index (χ1) is 5.25. The third kappa shape index (κ3) is 1.97. The van der Waals surface area contributed by atoms with Crippen molar-refractivity contribution in [2.75, 3.05) is 0 Å². The van der Waals surface area contributed by atoms with E-state index in [2.05, 4.69) is 24.0 Å². The minimum absolute atomic E-state index is 0.211. The van der Waals surface area contributed by atoms with E-state index in [1.165, 1.54) is 0 Å². The number of hydrogen-bond donors (Lipinski definition) is 1. The Morgan fingerprint density at radius 3 is 2.91 bits per heavy atom. The van der Waals surface area contributed by atoms with Gasteiger partial charge in [0.2, 0.25) is 0 Å². The fourth-order valence-corrected chi connectivity index (χ4v) is 1.60. The van der Waals surface area contributed by atoms with Crippen LogP contribution >= 0.6 is 11.3 Å². The van der Waals surface area contributed by atoms with E-state index in [0.717, 1.165) is 11.4 Å². The predicted octanol–water partition coefficient (Wildman–Crippen LogP) is 1.38. The monoisotopic (exact) mass is 171 g/mol. The molecule has 0 aliphatic carbocycles. The van der Waals surface area contributed by atoms with Crippen LogP contribution in [0.4, 0.5) is 0 Å². The van der Waals surface area contributed by atoms with Gasteiger partial charge in [0.05, 0.1) is 0 Å². The Labute approximate surface area is 70.6 Å². The molecule has 0 aromatic carbocycles. The molecule has 2 N–H and O–H groups in total. The van der Waals surface area contributed by atoms with Gasteiger partial charge in [-0.05, 0) is 6.42 Å². The van der Waals surface area contributed by atoms with Crippen LogP contribution in [-0.2, 0) is 0 Å². The van der Waals surface area contributed by atoms with E-state index in [9.17, 15) is 0 Å². The minimum atomic E-state index is 0.211. The van der Waals surface area contributed by atoms with Gasteiger partial charge < -0.3 is 5.73 Å². The zero-order valence-electron chi connectivity index (χ0n) is 6.82. The van der Waals surface area contributed by atoms with Crippen LogP contribution in [0, 0.1) is 0 Å². The molecule has 0 saturated heterocycles. The molecule has 1 aromatic heterocycles. The van der Waals surface area contributed by atoms with Crippen molar-refractivity contribution in [3.63, 3.8) is 0 Å². The second kappa shape index (κ2) is 3.78. The molecule has 4 heteroatoms. The normalized spacial score (nSPS) is 16.3. The maximum absolute atomic E-state index is 5.85. The molecular formula is C7H13N3S. The molecule has 1 aromatic rings. The van der Waals surface area contributed by atoms with Crippen LogP contribution in [0.1, 0.15) is 31.2 Å². The smallest absolute Gasteiger partial charge is 0.121 e. The lowest BCUT2D eigenvalue weighted by Crippen LogP contribution is -2.25. The Morgan fingerprint density at radius 2 is 2.45 bits per heavy atom. The molecule has 2 atom stereocenters. The molecule has 0 radical (unpaired) electrons. The van der Waals surface area contributed by atoms with Gasteiger partial charge in [0, 0.05) is 12.0 Å². The maximum atomic E-state index is 5.85. The fourth-order valence-electron chi connectivity index (χ4n) is 0.917. The van der Waals surface area contributed by atoms with Gasteiger partial charge in [0.1, 0.15) is 10.5 Å². The van der Waals surface area contributed by atoms with Crippen molar-refractivity contribution in [3.8, 4) is 0 Å². The summed E-state index contributed by atoms with van der Waals surface area (Å²) in [4.78, 5) is 0. The third-order valence-electron chi connectivity index (χ3n) is 1.88. The fraction of sp³-hybridized carbons (Fsp3) is 0.714. The highest BCUT2D eigenvalue weighted by molar-refractivity contribution is 7.09. The highest BCUT2D eigenvalue weighted by atomic mass is 32.1. The molecule has 0 fully saturated rings. The van der Waals surface area contributed by atoms with E-state index >= 15 is 0 Å². The van der Waals surface area contributed by atoms with Gasteiger partial charge in [0.25, 0.3) is 0 Å². The zero-order valence-corrected chi connectivity index (χ0v) is 7.64. The van der Waals surface area contributed by atoms with Gasteiger partial charge in [0.15, 0.2) is 0 Å². The first kappa shape index (κ1) is 8.62. The van der Waals surface area contributed by atoms with Crippen molar-refractivity contribution in [1.29, 1.82) is 0 Å². The van der Waals surface area contributed by atoms with Gasteiger partial charge in [-0.2, -0.15) is 0 Å². The molecule has 0 saturated carbocycles. The molecule has 1 heterocycles. The first-order valence-corrected chi connectivity index (χ1v) is 4.65. The topological polar surface area (TPSA) is 51.8 Å². The Balaban J connectivity index is 2.62. The van der Waals surface area contributed by atoms with Gasteiger partial charge in [-0.15, -0.1) is 21.5 Å². The molecular weight excluding hydrogens is 158 g/mol. The van der Waals surface area contributed by atoms with Gasteiger partial charge in [-0.1, -0.05) is 13.8 Å². The average molecular weight is 171 g/mol. The van der Waals surface area contributed by atoms with E-state index in [1.807, 2.05) is 0 Å². The van der Waals surface area contributed by atoms with E-state index in [-0.39, 0.29) is 6.04 Å². The SMILES string of the molecule is CCC(N)C(C)c1nncs1. The molecule has 11 heavy (non-hydrogen) atoms. The Bertz CT molecular complexity index is 197. The molecule has 0 bridgehead atoms. The molecule has 1 rings (SSSR count). The number of rotatable bonds is 3. The lowest BCUT2D eigenvalue weighted by molar-refractivity contribution is 0.546. The number of aromatic nitrogens is 2. The van der Waals surface area contributed by atoms with Crippen LogP contribution in [0.2, 0.25) is 0 Å². The Kier molecular flexibility index (Phi) is 2.96. The lowest BCUT2D eigenvalue weighted by atomic mass is 10.0. The van der Waals surface area contributed by atoms with Crippen molar-refractivity contribution in [1.82, 2.24) is 10.2 Å². The van der Waals surface area contributed by atoms with E-state index < -0.39 is 0 Å². The second-order valence-corrected chi connectivity index (χ2v) is 3.50. The van der Waals surface area contributed by atoms with E-state index in [1.54, 1.807) is 16.8 Å². The van der Waals surface area contributed by atoms with Gasteiger partial charge >= 0.3 is 0 Å². The summed E-state index contributed by atoms with van der Waals surface area (Å²) < 4.78 is 0. The molecule has 0 aliphatic rings. The number of nitrogens with two attached hydrogens (primary N) is 1. The number of nitrogens with zero attached hydrogens (tertiary/aromatic N) is 2. The summed E-state index contributed by atoms with van der Waals surface area (Å²) in [5, 5.41) is 8.79. The zero-order chi connectivity index (χ0) is 8.27. The van der Waals surface area contributed by atoms with Crippen LogP contribution in [0.25, 0.3) is 0 Å². The molecule has 62 valence electrons. The summed E-state index contributed by atoms with van der Waals surface area (Å²) in [6, 6.07) is 0.211. The highest BCUT2D eigenvalue weighted by Crippen LogP contribution is 2.20. The maximum Gasteiger partial charge on any atom is 0.121 e. The Morgan fingerprint density at radius 1 is 1.73 bits per heavy atom. The molecule has 2 unspecified atom stereocenters. The van der Waals surface area contributed by atoms with Crippen LogP contribution in [0.5, 0.6) is 0 Å². The highest BCUT2D eigenvalue weighted by Gasteiger charge is 2.15. The van der Waals surface area contributed by atoms with Crippen LogP contribution < -0.4 is 5.73 Å². The average Bonchev–Trinajstić information content (AvgIpc) is 2.53. The van der Waals surface area contributed by atoms with E-state index in [4.69, 9.17) is 5.73 Å². The molecule has 3 nitrogen and oxygen atoms in total. The van der Waals surface area contributed by atoms with Gasteiger partial charge in [-0.3, -0.25) is 0 Å². The van der Waals surface area contributed by atoms with Crippen molar-refractivity contribution >= 4 is 11.3 Å². The standard InChI is InChI=1S/C7H13N3S/c1-3-6(8)5(2)7-10-9-4-11-7/h4-6H,3,8H2,1-2H3. The first-order valence-electron chi connectivity index (χ1n) is 3.77. The minimum Gasteiger partial charge on any atom is -0.327 e. The summed E-state index contributed by atoms with van der Waals surface area (Å²) in [5.74, 6) is 0.340. The van der Waals surface area contributed by atoms with Gasteiger partial charge in [-0.25, -0.2) is 0 Å². The molecule has 0 amide bonds. The summed E-state index contributed by atoms with van der Waals surface area (Å²) in [6.07, 6.45) is 0.987. The van der Waals surface area contributed by atoms with Crippen LogP contribution in [-0.4, -0.2) is 16.2 Å². The van der Waals surface area contributed by atoms with Crippen LogP contribution in [0.3, 0.4) is 0 Å². The van der Waals surface area contributed by atoms with Crippen LogP contribution in [0.15, 0.2) is 5.51 Å².